The van der Waals surface area contributed by atoms with Crippen molar-refractivity contribution in [2.45, 2.75) is 63.7 Å². The summed E-state index contributed by atoms with van der Waals surface area (Å²) < 4.78 is 60.7. The fourth-order valence-electron chi connectivity index (χ4n) is 6.10. The summed E-state index contributed by atoms with van der Waals surface area (Å²) in [5, 5.41) is 10.0. The van der Waals surface area contributed by atoms with E-state index >= 15 is 4.39 Å². The molecule has 222 valence electrons. The van der Waals surface area contributed by atoms with Gasteiger partial charge < -0.3 is 14.7 Å². The maximum atomic E-state index is 15.6. The Hall–Kier alpha value is -3.20. The van der Waals surface area contributed by atoms with Crippen LogP contribution in [0.15, 0.2) is 54.7 Å². The molecule has 1 aliphatic rings. The van der Waals surface area contributed by atoms with Crippen LogP contribution in [0.2, 0.25) is 0 Å². The first-order valence-corrected chi connectivity index (χ1v) is 14.3. The first kappa shape index (κ1) is 30.8. The van der Waals surface area contributed by atoms with E-state index in [1.807, 2.05) is 6.07 Å². The molecule has 1 N–H and O–H groups in total. The molecule has 1 aromatic heterocycles. The first-order chi connectivity index (χ1) is 19.7. The molecule has 1 aliphatic heterocycles. The van der Waals surface area contributed by atoms with Gasteiger partial charge in [-0.3, -0.25) is 9.78 Å². The van der Waals surface area contributed by atoms with Gasteiger partial charge in [0.15, 0.2) is 0 Å². The van der Waals surface area contributed by atoms with Crippen molar-refractivity contribution in [2.75, 3.05) is 26.7 Å². The zero-order chi connectivity index (χ0) is 29.4. The van der Waals surface area contributed by atoms with Crippen LogP contribution in [0, 0.1) is 11.8 Å². The number of carboxylic acid groups (broad SMARTS) is 1. The van der Waals surface area contributed by atoms with E-state index in [1.54, 1.807) is 43.6 Å². The average molecular weight is 575 g/mol. The number of pyridine rings is 1. The van der Waals surface area contributed by atoms with Crippen LogP contribution in [0.5, 0.6) is 5.75 Å². The minimum Gasteiger partial charge on any atom is -0.497 e. The van der Waals surface area contributed by atoms with Crippen molar-refractivity contribution in [3.63, 3.8) is 0 Å². The first-order valence-electron chi connectivity index (χ1n) is 14.3. The van der Waals surface area contributed by atoms with Gasteiger partial charge in [0.25, 0.3) is 0 Å². The van der Waals surface area contributed by atoms with E-state index in [0.717, 1.165) is 43.9 Å². The number of rotatable bonds is 13. The minimum absolute atomic E-state index is 0.0665. The number of aryl methyl sites for hydroxylation is 1. The molecule has 0 bridgehead atoms. The van der Waals surface area contributed by atoms with Crippen LogP contribution in [0.1, 0.15) is 67.8 Å². The number of fused-ring (bicyclic) bond motifs is 1. The summed E-state index contributed by atoms with van der Waals surface area (Å²) >= 11 is 0. The van der Waals surface area contributed by atoms with Crippen molar-refractivity contribution >= 4 is 16.9 Å². The van der Waals surface area contributed by atoms with Crippen molar-refractivity contribution in [1.82, 2.24) is 9.88 Å². The van der Waals surface area contributed by atoms with Crippen LogP contribution in [-0.4, -0.2) is 47.7 Å². The van der Waals surface area contributed by atoms with Crippen LogP contribution >= 0.6 is 0 Å². The van der Waals surface area contributed by atoms with Gasteiger partial charge in [0, 0.05) is 24.5 Å². The lowest BCUT2D eigenvalue weighted by molar-refractivity contribution is -0.138. The number of hydrogen-bond donors (Lipinski definition) is 1. The largest absolute Gasteiger partial charge is 0.497 e. The van der Waals surface area contributed by atoms with E-state index in [4.69, 9.17) is 4.74 Å². The molecule has 5 nitrogen and oxygen atoms in total. The highest BCUT2D eigenvalue weighted by atomic mass is 19.4. The molecule has 0 saturated carbocycles. The fraction of sp³-hybridized carbons (Fsp3) is 0.500. The van der Waals surface area contributed by atoms with E-state index in [0.29, 0.717) is 54.5 Å². The molecule has 4 rings (SSSR count). The molecule has 0 spiro atoms. The van der Waals surface area contributed by atoms with Gasteiger partial charge in [-0.05, 0) is 111 Å². The number of aliphatic carboxylic acids is 1. The summed E-state index contributed by atoms with van der Waals surface area (Å²) in [6.07, 6.45) is 0.280. The molecule has 1 saturated heterocycles. The molecule has 2 aromatic carbocycles. The lowest BCUT2D eigenvalue weighted by Crippen LogP contribution is -2.41. The molecule has 0 amide bonds. The Kier molecular flexibility index (Phi) is 10.6. The van der Waals surface area contributed by atoms with Crippen molar-refractivity contribution in [1.29, 1.82) is 0 Å². The smallest absolute Gasteiger partial charge is 0.416 e. The number of alkyl halides is 4. The highest BCUT2D eigenvalue weighted by molar-refractivity contribution is 5.83. The fourth-order valence-corrected chi connectivity index (χ4v) is 6.10. The molecular formula is C32H38F4N2O3. The number of aromatic nitrogens is 1. The molecule has 41 heavy (non-hydrogen) atoms. The molecule has 1 fully saturated rings. The molecule has 3 aromatic rings. The van der Waals surface area contributed by atoms with Crippen LogP contribution in [0.4, 0.5) is 17.6 Å². The number of methoxy groups -OCH3 is 1. The number of halogens is 4. The maximum Gasteiger partial charge on any atom is 0.416 e. The number of likely N-dealkylation sites (tertiary alicyclic amines) is 1. The Morgan fingerprint density at radius 2 is 1.93 bits per heavy atom. The van der Waals surface area contributed by atoms with Crippen LogP contribution in [-0.2, 0) is 17.4 Å². The second kappa shape index (κ2) is 14.1. The van der Waals surface area contributed by atoms with E-state index in [-0.39, 0.29) is 18.3 Å². The van der Waals surface area contributed by atoms with Crippen molar-refractivity contribution in [3.8, 4) is 5.75 Å². The zero-order valence-electron chi connectivity index (χ0n) is 23.4. The highest BCUT2D eigenvalue weighted by Crippen LogP contribution is 2.37. The number of piperidine rings is 1. The quantitative estimate of drug-likeness (QED) is 0.166. The predicted molar refractivity (Wildman–Crippen MR) is 151 cm³/mol. The highest BCUT2D eigenvalue weighted by Gasteiger charge is 2.33. The number of carboxylic acids is 1. The average Bonchev–Trinajstić information content (AvgIpc) is 2.96. The van der Waals surface area contributed by atoms with E-state index in [2.05, 4.69) is 9.88 Å². The summed E-state index contributed by atoms with van der Waals surface area (Å²) in [7, 11) is 1.57. The van der Waals surface area contributed by atoms with Gasteiger partial charge in [0.1, 0.15) is 11.9 Å². The SMILES string of the molecule is COc1ccc2nccc([C@H](F)CC[C@@H]3CCN(CCCCc4ccccc4C(F)(F)F)C[C@H]3CCC(=O)O)c2c1. The summed E-state index contributed by atoms with van der Waals surface area (Å²) in [4.78, 5) is 18.0. The number of carbonyl (C=O) groups is 1. The standard InChI is InChI=1S/C32H38F4N2O3/c1-41-25-11-13-30-27(20-25)26(15-17-37-30)29(33)12-9-22-16-19-38(21-24(22)10-14-31(39)40)18-5-4-7-23-6-2-3-8-28(23)32(34,35)36/h2-3,6,8,11,13,15,17,20,22,24,29H,4-5,7,9-10,12,14,16,18-19,21H2,1H3,(H,39,40)/t22-,24-,29-/m1/s1. The lowest BCUT2D eigenvalue weighted by Gasteiger charge is -2.39. The Balaban J connectivity index is 1.32. The second-order valence-electron chi connectivity index (χ2n) is 11.0. The molecule has 9 heteroatoms. The zero-order valence-corrected chi connectivity index (χ0v) is 23.4. The van der Waals surface area contributed by atoms with Crippen LogP contribution in [0.3, 0.4) is 0 Å². The molecule has 0 unspecified atom stereocenters. The van der Waals surface area contributed by atoms with Gasteiger partial charge in [-0.15, -0.1) is 0 Å². The molecule has 0 aliphatic carbocycles. The number of hydrogen-bond acceptors (Lipinski definition) is 4. The number of benzene rings is 2. The Labute approximate surface area is 238 Å². The molecule has 0 radical (unpaired) electrons. The van der Waals surface area contributed by atoms with Crippen molar-refractivity contribution < 1.29 is 32.2 Å². The summed E-state index contributed by atoms with van der Waals surface area (Å²) in [6, 6.07) is 12.9. The van der Waals surface area contributed by atoms with E-state index < -0.39 is 23.9 Å². The van der Waals surface area contributed by atoms with Crippen LogP contribution in [0.25, 0.3) is 10.9 Å². The number of unbranched alkanes of at least 4 members (excludes halogenated alkanes) is 1. The molecular weight excluding hydrogens is 536 g/mol. The molecule has 2 heterocycles. The van der Waals surface area contributed by atoms with Gasteiger partial charge in [-0.25, -0.2) is 4.39 Å². The minimum atomic E-state index is -4.36. The topological polar surface area (TPSA) is 62.7 Å². The third kappa shape index (κ3) is 8.41. The Morgan fingerprint density at radius 3 is 2.68 bits per heavy atom. The van der Waals surface area contributed by atoms with Gasteiger partial charge in [-0.1, -0.05) is 18.2 Å². The summed E-state index contributed by atoms with van der Waals surface area (Å²) in [6.45, 7) is 2.30. The Morgan fingerprint density at radius 1 is 1.12 bits per heavy atom. The molecule has 3 atom stereocenters. The van der Waals surface area contributed by atoms with Crippen molar-refractivity contribution in [3.05, 3.63) is 71.4 Å². The third-order valence-corrected chi connectivity index (χ3v) is 8.31. The van der Waals surface area contributed by atoms with Gasteiger partial charge >= 0.3 is 12.1 Å². The van der Waals surface area contributed by atoms with Gasteiger partial charge in [0.2, 0.25) is 0 Å². The second-order valence-corrected chi connectivity index (χ2v) is 11.0. The van der Waals surface area contributed by atoms with E-state index in [9.17, 15) is 23.1 Å². The predicted octanol–water partition coefficient (Wildman–Crippen LogP) is 7.88. The third-order valence-electron chi connectivity index (χ3n) is 8.31. The monoisotopic (exact) mass is 574 g/mol. The lowest BCUT2D eigenvalue weighted by atomic mass is 9.79. The normalized spacial score (nSPS) is 18.9. The number of ether oxygens (including phenoxy) is 1. The van der Waals surface area contributed by atoms with Gasteiger partial charge in [0.05, 0.1) is 18.2 Å². The van der Waals surface area contributed by atoms with Crippen LogP contribution < -0.4 is 4.74 Å². The maximum absolute atomic E-state index is 15.6. The Bertz CT molecular complexity index is 1300. The van der Waals surface area contributed by atoms with E-state index in [1.165, 1.54) is 6.07 Å². The van der Waals surface area contributed by atoms with Gasteiger partial charge in [-0.2, -0.15) is 13.2 Å². The van der Waals surface area contributed by atoms with Crippen molar-refractivity contribution in [2.24, 2.45) is 11.8 Å². The summed E-state index contributed by atoms with van der Waals surface area (Å²) in [5.41, 5.74) is 1.04. The summed E-state index contributed by atoms with van der Waals surface area (Å²) in [5.74, 6) is 0.145. The number of nitrogens with zero attached hydrogens (tertiary/aromatic N) is 2.